The number of fused-ring (bicyclic) bond motifs is 2. The molecule has 3 heteroatoms. The number of carbonyl (C=O) groups excluding carboxylic acids is 1. The number of hydrogen-bond acceptors (Lipinski definition) is 2. The van der Waals surface area contributed by atoms with Gasteiger partial charge in [-0.15, -0.1) is 0 Å². The molecule has 2 atom stereocenters. The molecule has 1 heterocycles. The Kier molecular flexibility index (Phi) is 5.61. The molecular weight excluding hydrogens is 440 g/mol. The third-order valence-corrected chi connectivity index (χ3v) is 8.35. The maximum Gasteiger partial charge on any atom is 0.253 e. The Balaban J connectivity index is 1.30. The summed E-state index contributed by atoms with van der Waals surface area (Å²) in [4.78, 5) is 15.3. The number of benzene rings is 4. The van der Waals surface area contributed by atoms with E-state index in [4.69, 9.17) is 0 Å². The number of amides is 1. The zero-order valence-corrected chi connectivity index (χ0v) is 20.9. The molecular formula is C33H30N2O. The molecule has 2 aliphatic rings. The maximum absolute atomic E-state index is 13.2. The van der Waals surface area contributed by atoms with E-state index in [9.17, 15) is 10.1 Å². The molecule has 3 nitrogen and oxygen atoms in total. The third kappa shape index (κ3) is 3.88. The van der Waals surface area contributed by atoms with E-state index in [1.165, 1.54) is 19.3 Å². The van der Waals surface area contributed by atoms with Crippen LogP contribution in [0.15, 0.2) is 72.8 Å². The predicted octanol–water partition coefficient (Wildman–Crippen LogP) is 7.53. The molecule has 4 aromatic rings. The van der Waals surface area contributed by atoms with Gasteiger partial charge in [0.2, 0.25) is 0 Å². The topological polar surface area (TPSA) is 44.1 Å². The first kappa shape index (κ1) is 22.6. The maximum atomic E-state index is 13.2. The van der Waals surface area contributed by atoms with Crippen LogP contribution in [0.3, 0.4) is 0 Å². The Bertz CT molecular complexity index is 1530. The van der Waals surface area contributed by atoms with E-state index in [0.29, 0.717) is 17.4 Å². The summed E-state index contributed by atoms with van der Waals surface area (Å²) < 4.78 is 0. The average Bonchev–Trinajstić information content (AvgIpc) is 3.51. The normalized spacial score (nSPS) is 18.9. The minimum absolute atomic E-state index is 0.178. The van der Waals surface area contributed by atoms with Crippen molar-refractivity contribution in [2.75, 3.05) is 13.1 Å². The third-order valence-electron chi connectivity index (χ3n) is 8.35. The predicted molar refractivity (Wildman–Crippen MR) is 146 cm³/mol. The molecule has 0 N–H and O–H groups in total. The van der Waals surface area contributed by atoms with Gasteiger partial charge in [0.1, 0.15) is 0 Å². The van der Waals surface area contributed by atoms with Crippen molar-refractivity contribution >= 4 is 16.7 Å². The highest BCUT2D eigenvalue weighted by Crippen LogP contribution is 2.38. The lowest BCUT2D eigenvalue weighted by molar-refractivity contribution is 0.0780. The Morgan fingerprint density at radius 2 is 1.58 bits per heavy atom. The second-order valence-corrected chi connectivity index (χ2v) is 10.6. The first-order valence-electron chi connectivity index (χ1n) is 13.0. The van der Waals surface area contributed by atoms with Gasteiger partial charge >= 0.3 is 0 Å². The van der Waals surface area contributed by atoms with E-state index < -0.39 is 0 Å². The summed E-state index contributed by atoms with van der Waals surface area (Å²) in [5.74, 6) is 1.60. The number of aryl methyl sites for hydroxylation is 2. The molecule has 0 aromatic heterocycles. The zero-order chi connectivity index (χ0) is 24.8. The molecule has 1 amide bonds. The second kappa shape index (κ2) is 8.95. The van der Waals surface area contributed by atoms with Crippen LogP contribution in [-0.4, -0.2) is 23.9 Å². The summed E-state index contributed by atoms with van der Waals surface area (Å²) in [7, 11) is 0. The summed E-state index contributed by atoms with van der Waals surface area (Å²) in [6, 6.07) is 27.4. The number of hydrogen-bond donors (Lipinski definition) is 0. The van der Waals surface area contributed by atoms with E-state index >= 15 is 0 Å². The van der Waals surface area contributed by atoms with Crippen molar-refractivity contribution in [1.29, 1.82) is 5.26 Å². The number of rotatable bonds is 3. The highest BCUT2D eigenvalue weighted by atomic mass is 16.2. The molecule has 2 fully saturated rings. The van der Waals surface area contributed by atoms with Crippen LogP contribution in [0.5, 0.6) is 0 Å². The van der Waals surface area contributed by atoms with Crippen LogP contribution < -0.4 is 0 Å². The fourth-order valence-electron chi connectivity index (χ4n) is 6.32. The minimum atomic E-state index is 0.178. The SMILES string of the molecule is Cc1ccc(-c2cccc3cc(-c4ccc(C(=O)N5CC6CCCC6C5)cc4C)ccc23)cc1C#N. The molecule has 1 saturated heterocycles. The first-order chi connectivity index (χ1) is 17.5. The largest absolute Gasteiger partial charge is 0.338 e. The molecule has 2 unspecified atom stereocenters. The Hall–Kier alpha value is -3.90. The van der Waals surface area contributed by atoms with E-state index in [1.807, 2.05) is 25.1 Å². The van der Waals surface area contributed by atoms with Crippen LogP contribution >= 0.6 is 0 Å². The molecule has 1 aliphatic heterocycles. The molecule has 36 heavy (non-hydrogen) atoms. The number of carbonyl (C=O) groups is 1. The number of likely N-dealkylation sites (tertiary alicyclic amines) is 1. The van der Waals surface area contributed by atoms with Crippen molar-refractivity contribution in [3.05, 3.63) is 95.1 Å². The van der Waals surface area contributed by atoms with Crippen molar-refractivity contribution < 1.29 is 4.79 Å². The molecule has 1 aliphatic carbocycles. The summed E-state index contributed by atoms with van der Waals surface area (Å²) in [5, 5.41) is 11.8. The summed E-state index contributed by atoms with van der Waals surface area (Å²) in [6.07, 6.45) is 3.88. The monoisotopic (exact) mass is 470 g/mol. The summed E-state index contributed by atoms with van der Waals surface area (Å²) in [5.41, 5.74) is 8.11. The fraction of sp³-hybridized carbons (Fsp3) is 0.273. The van der Waals surface area contributed by atoms with Gasteiger partial charge < -0.3 is 4.90 Å². The molecule has 0 radical (unpaired) electrons. The van der Waals surface area contributed by atoms with Gasteiger partial charge in [-0.2, -0.15) is 5.26 Å². The van der Waals surface area contributed by atoms with Crippen molar-refractivity contribution in [3.8, 4) is 28.3 Å². The van der Waals surface area contributed by atoms with Gasteiger partial charge in [-0.1, -0.05) is 55.0 Å². The number of nitrogens with zero attached hydrogens (tertiary/aromatic N) is 2. The van der Waals surface area contributed by atoms with Crippen LogP contribution in [0, 0.1) is 37.0 Å². The fourth-order valence-corrected chi connectivity index (χ4v) is 6.32. The van der Waals surface area contributed by atoms with Crippen molar-refractivity contribution in [2.24, 2.45) is 11.8 Å². The number of nitriles is 1. The minimum Gasteiger partial charge on any atom is -0.338 e. The molecule has 4 aromatic carbocycles. The van der Waals surface area contributed by atoms with Gasteiger partial charge in [-0.25, -0.2) is 0 Å². The van der Waals surface area contributed by atoms with Crippen LogP contribution in [0.4, 0.5) is 0 Å². The van der Waals surface area contributed by atoms with E-state index in [-0.39, 0.29) is 5.91 Å². The second-order valence-electron chi connectivity index (χ2n) is 10.6. The van der Waals surface area contributed by atoms with E-state index in [0.717, 1.165) is 62.8 Å². The van der Waals surface area contributed by atoms with Crippen LogP contribution in [0.1, 0.15) is 46.3 Å². The standard InChI is InChI=1S/C33H30N2O/c1-21-9-10-25(17-29(21)18-34)31-8-4-5-23-16-24(11-14-32(23)31)30-13-12-26(15-22(30)2)33(36)35-19-27-6-3-7-28(27)20-35/h4-5,8-17,27-28H,3,6-7,19-20H2,1-2H3. The van der Waals surface area contributed by atoms with E-state index in [2.05, 4.69) is 72.5 Å². The lowest BCUT2D eigenvalue weighted by Gasteiger charge is -2.18. The molecule has 0 bridgehead atoms. The Morgan fingerprint density at radius 1 is 0.833 bits per heavy atom. The highest BCUT2D eigenvalue weighted by Gasteiger charge is 2.38. The van der Waals surface area contributed by atoms with Crippen molar-refractivity contribution in [3.63, 3.8) is 0 Å². The molecule has 0 spiro atoms. The van der Waals surface area contributed by atoms with Gasteiger partial charge in [-0.05, 0) is 107 Å². The highest BCUT2D eigenvalue weighted by molar-refractivity contribution is 5.99. The quantitative estimate of drug-likeness (QED) is 0.310. The Labute approximate surface area is 213 Å². The lowest BCUT2D eigenvalue weighted by atomic mass is 9.92. The van der Waals surface area contributed by atoms with Crippen LogP contribution in [-0.2, 0) is 0 Å². The van der Waals surface area contributed by atoms with Gasteiger partial charge in [-0.3, -0.25) is 4.79 Å². The van der Waals surface area contributed by atoms with Crippen molar-refractivity contribution in [1.82, 2.24) is 4.90 Å². The Morgan fingerprint density at radius 3 is 2.33 bits per heavy atom. The van der Waals surface area contributed by atoms with Gasteiger partial charge in [0, 0.05) is 18.7 Å². The zero-order valence-electron chi connectivity index (χ0n) is 20.9. The molecule has 178 valence electrons. The smallest absolute Gasteiger partial charge is 0.253 e. The molecule has 1 saturated carbocycles. The van der Waals surface area contributed by atoms with Gasteiger partial charge in [0.05, 0.1) is 11.6 Å². The van der Waals surface area contributed by atoms with Crippen LogP contribution in [0.25, 0.3) is 33.0 Å². The first-order valence-corrected chi connectivity index (χ1v) is 13.0. The molecule has 6 rings (SSSR count). The van der Waals surface area contributed by atoms with Crippen LogP contribution in [0.2, 0.25) is 0 Å². The van der Waals surface area contributed by atoms with Crippen molar-refractivity contribution in [2.45, 2.75) is 33.1 Å². The summed E-state index contributed by atoms with van der Waals surface area (Å²) >= 11 is 0. The lowest BCUT2D eigenvalue weighted by Crippen LogP contribution is -2.29. The van der Waals surface area contributed by atoms with Gasteiger partial charge in [0.15, 0.2) is 0 Å². The van der Waals surface area contributed by atoms with E-state index in [1.54, 1.807) is 0 Å². The average molecular weight is 471 g/mol. The van der Waals surface area contributed by atoms with Gasteiger partial charge in [0.25, 0.3) is 5.91 Å². The summed E-state index contributed by atoms with van der Waals surface area (Å²) in [6.45, 7) is 5.92.